The van der Waals surface area contributed by atoms with E-state index < -0.39 is 0 Å². The quantitative estimate of drug-likeness (QED) is 0.382. The van der Waals surface area contributed by atoms with Gasteiger partial charge in [0.2, 0.25) is 5.95 Å². The van der Waals surface area contributed by atoms with Crippen molar-refractivity contribution in [2.75, 3.05) is 5.32 Å². The Bertz CT molecular complexity index is 1550. The lowest BCUT2D eigenvalue weighted by Crippen LogP contribution is -2.06. The van der Waals surface area contributed by atoms with E-state index in [1.165, 1.54) is 18.5 Å². The Morgan fingerprint density at radius 3 is 2.68 bits per heavy atom. The fourth-order valence-electron chi connectivity index (χ4n) is 4.28. The Labute approximate surface area is 196 Å². The zero-order valence-electron chi connectivity index (χ0n) is 19.1. The molecular weight excluding hydrogens is 426 g/mol. The molecule has 0 saturated heterocycles. The average molecular weight is 452 g/mol. The third-order valence-electron chi connectivity index (χ3n) is 6.30. The predicted octanol–water partition coefficient (Wildman–Crippen LogP) is 4.92. The van der Waals surface area contributed by atoms with Crippen LogP contribution in [-0.4, -0.2) is 29.3 Å². The highest BCUT2D eigenvalue weighted by molar-refractivity contribution is 5.85. The van der Waals surface area contributed by atoms with E-state index in [1.54, 1.807) is 6.20 Å². The van der Waals surface area contributed by atoms with Crippen LogP contribution in [-0.2, 0) is 6.54 Å². The summed E-state index contributed by atoms with van der Waals surface area (Å²) in [6, 6.07) is 15.8. The van der Waals surface area contributed by atoms with Crippen LogP contribution in [0.4, 0.5) is 11.6 Å². The fourth-order valence-corrected chi connectivity index (χ4v) is 4.28. The first kappa shape index (κ1) is 20.4. The largest absolute Gasteiger partial charge is 0.329 e. The number of anilines is 2. The molecule has 34 heavy (non-hydrogen) atoms. The molecule has 2 aromatic carbocycles. The zero-order valence-corrected chi connectivity index (χ0v) is 19.1. The normalized spacial score (nSPS) is 13.5. The van der Waals surface area contributed by atoms with Gasteiger partial charge in [-0.15, -0.1) is 5.10 Å². The van der Waals surface area contributed by atoms with Gasteiger partial charge in [0.25, 0.3) is 5.56 Å². The number of aromatic amines is 1. The highest BCUT2D eigenvalue weighted by Gasteiger charge is 2.26. The van der Waals surface area contributed by atoms with Crippen molar-refractivity contribution in [2.24, 2.45) is 0 Å². The summed E-state index contributed by atoms with van der Waals surface area (Å²) >= 11 is 0. The Morgan fingerprint density at radius 1 is 1.09 bits per heavy atom. The molecule has 8 heteroatoms. The molecule has 0 spiro atoms. The van der Waals surface area contributed by atoms with Crippen LogP contribution in [0.25, 0.3) is 27.8 Å². The number of aromatic nitrogens is 6. The van der Waals surface area contributed by atoms with E-state index in [0.29, 0.717) is 29.6 Å². The lowest BCUT2D eigenvalue weighted by atomic mass is 10.1. The molecule has 6 rings (SSSR count). The molecule has 0 bridgehead atoms. The van der Waals surface area contributed by atoms with Crippen LogP contribution in [0.1, 0.15) is 37.2 Å². The SMILES string of the molecule is CCn1nc(-c2ccc(-n3cc(C4CC4)nc3C)cc2)nc1Nc1ccc2c(=O)[nH]ccc2c1. The molecule has 0 atom stereocenters. The topological polar surface area (TPSA) is 93.4 Å². The minimum Gasteiger partial charge on any atom is -0.329 e. The number of fused-ring (bicyclic) bond motifs is 1. The number of hydrogen-bond donors (Lipinski definition) is 2. The molecule has 1 fully saturated rings. The van der Waals surface area contributed by atoms with E-state index in [2.05, 4.69) is 33.2 Å². The van der Waals surface area contributed by atoms with Crippen molar-refractivity contribution < 1.29 is 0 Å². The molecule has 170 valence electrons. The van der Waals surface area contributed by atoms with Gasteiger partial charge in [-0.05, 0) is 80.6 Å². The maximum absolute atomic E-state index is 12.0. The summed E-state index contributed by atoms with van der Waals surface area (Å²) in [5, 5.41) is 9.57. The molecule has 3 heterocycles. The summed E-state index contributed by atoms with van der Waals surface area (Å²) in [7, 11) is 0. The van der Waals surface area contributed by atoms with Gasteiger partial charge in [0.15, 0.2) is 5.82 Å². The van der Waals surface area contributed by atoms with Crippen LogP contribution in [0.3, 0.4) is 0 Å². The number of imidazole rings is 1. The number of benzene rings is 2. The van der Waals surface area contributed by atoms with Gasteiger partial charge in [-0.1, -0.05) is 0 Å². The van der Waals surface area contributed by atoms with Gasteiger partial charge in [0.05, 0.1) is 5.69 Å². The van der Waals surface area contributed by atoms with E-state index in [4.69, 9.17) is 15.1 Å². The number of nitrogens with zero attached hydrogens (tertiary/aromatic N) is 5. The standard InChI is InChI=1S/C26H25N7O/c1-3-33-26(29-20-8-11-22-19(14-20)12-13-27-25(22)34)30-24(31-33)18-6-9-21(10-7-18)32-15-23(17-4-5-17)28-16(32)2/h6-15,17H,3-5H2,1-2H3,(H,27,34)(H,29,30,31). The monoisotopic (exact) mass is 451 g/mol. The Hall–Kier alpha value is -4.20. The summed E-state index contributed by atoms with van der Waals surface area (Å²) in [4.78, 5) is 24.2. The van der Waals surface area contributed by atoms with Gasteiger partial charge in [-0.25, -0.2) is 9.67 Å². The molecule has 0 amide bonds. The Morgan fingerprint density at radius 2 is 1.91 bits per heavy atom. The molecule has 0 unspecified atom stereocenters. The molecule has 1 saturated carbocycles. The van der Waals surface area contributed by atoms with Crippen LogP contribution >= 0.6 is 0 Å². The van der Waals surface area contributed by atoms with Crippen LogP contribution in [0.15, 0.2) is 65.7 Å². The van der Waals surface area contributed by atoms with Crippen molar-refractivity contribution in [3.05, 3.63) is 82.8 Å². The molecular formula is C26H25N7O. The molecule has 1 aliphatic rings. The molecule has 0 aliphatic heterocycles. The number of H-pyrrole nitrogens is 1. The fraction of sp³-hybridized carbons (Fsp3) is 0.231. The van der Waals surface area contributed by atoms with E-state index >= 15 is 0 Å². The maximum Gasteiger partial charge on any atom is 0.255 e. The van der Waals surface area contributed by atoms with Gasteiger partial charge in [0, 0.05) is 47.2 Å². The molecule has 2 N–H and O–H groups in total. The molecule has 8 nitrogen and oxygen atoms in total. The highest BCUT2D eigenvalue weighted by Crippen LogP contribution is 2.39. The predicted molar refractivity (Wildman–Crippen MR) is 133 cm³/mol. The summed E-state index contributed by atoms with van der Waals surface area (Å²) in [6.07, 6.45) is 6.30. The lowest BCUT2D eigenvalue weighted by molar-refractivity contribution is 0.669. The minimum atomic E-state index is -0.0962. The number of hydrogen-bond acceptors (Lipinski definition) is 5. The van der Waals surface area contributed by atoms with Crippen molar-refractivity contribution in [1.29, 1.82) is 0 Å². The maximum atomic E-state index is 12.0. The van der Waals surface area contributed by atoms with Crippen molar-refractivity contribution in [2.45, 2.75) is 39.2 Å². The molecule has 1 aliphatic carbocycles. The van der Waals surface area contributed by atoms with Crippen molar-refractivity contribution in [1.82, 2.24) is 29.3 Å². The average Bonchev–Trinajstić information content (AvgIpc) is 3.51. The van der Waals surface area contributed by atoms with Gasteiger partial charge >= 0.3 is 0 Å². The Kier molecular flexibility index (Phi) is 4.79. The Balaban J connectivity index is 1.27. The molecule has 3 aromatic heterocycles. The van der Waals surface area contributed by atoms with Crippen LogP contribution < -0.4 is 10.9 Å². The van der Waals surface area contributed by atoms with Crippen LogP contribution in [0, 0.1) is 6.92 Å². The summed E-state index contributed by atoms with van der Waals surface area (Å²) in [5.41, 5.74) is 3.98. The van der Waals surface area contributed by atoms with Gasteiger partial charge in [-0.3, -0.25) is 4.79 Å². The first-order valence-electron chi connectivity index (χ1n) is 11.6. The lowest BCUT2D eigenvalue weighted by Gasteiger charge is -2.07. The number of nitrogens with one attached hydrogen (secondary N) is 2. The molecule has 0 radical (unpaired) electrons. The second-order valence-corrected chi connectivity index (χ2v) is 8.71. The van der Waals surface area contributed by atoms with E-state index in [9.17, 15) is 4.79 Å². The summed E-state index contributed by atoms with van der Waals surface area (Å²) in [5.74, 6) is 2.96. The van der Waals surface area contributed by atoms with Crippen molar-refractivity contribution in [3.8, 4) is 17.1 Å². The number of aryl methyl sites for hydroxylation is 2. The van der Waals surface area contributed by atoms with Crippen molar-refractivity contribution in [3.63, 3.8) is 0 Å². The summed E-state index contributed by atoms with van der Waals surface area (Å²) in [6.45, 7) is 4.76. The second kappa shape index (κ2) is 7.98. The second-order valence-electron chi connectivity index (χ2n) is 8.71. The van der Waals surface area contributed by atoms with E-state index in [-0.39, 0.29) is 5.56 Å². The van der Waals surface area contributed by atoms with Crippen LogP contribution in [0.5, 0.6) is 0 Å². The zero-order chi connectivity index (χ0) is 23.2. The van der Waals surface area contributed by atoms with E-state index in [0.717, 1.165) is 28.1 Å². The van der Waals surface area contributed by atoms with Gasteiger partial charge < -0.3 is 14.9 Å². The highest BCUT2D eigenvalue weighted by atomic mass is 16.1. The van der Waals surface area contributed by atoms with E-state index in [1.807, 2.05) is 54.9 Å². The van der Waals surface area contributed by atoms with Gasteiger partial charge in [0.1, 0.15) is 5.82 Å². The molecule has 5 aromatic rings. The third-order valence-corrected chi connectivity index (χ3v) is 6.30. The smallest absolute Gasteiger partial charge is 0.255 e. The van der Waals surface area contributed by atoms with Crippen molar-refractivity contribution >= 4 is 22.4 Å². The summed E-state index contributed by atoms with van der Waals surface area (Å²) < 4.78 is 3.99. The number of pyridine rings is 1. The number of rotatable bonds is 6. The minimum absolute atomic E-state index is 0.0962. The first-order valence-corrected chi connectivity index (χ1v) is 11.6. The third kappa shape index (κ3) is 3.67. The first-order chi connectivity index (χ1) is 16.6. The van der Waals surface area contributed by atoms with Gasteiger partial charge in [-0.2, -0.15) is 4.98 Å². The van der Waals surface area contributed by atoms with Crippen LogP contribution in [0.2, 0.25) is 0 Å².